The Morgan fingerprint density at radius 2 is 2.05 bits per heavy atom. The van der Waals surface area contributed by atoms with Crippen LogP contribution >= 0.6 is 11.8 Å². The summed E-state index contributed by atoms with van der Waals surface area (Å²) in [6.07, 6.45) is 2.26. The number of hydrogen-bond donors (Lipinski definition) is 2. The second kappa shape index (κ2) is 9.02. The minimum Gasteiger partial charge on any atom is -0.375 e. The maximum atomic E-state index is 13.0. The highest BCUT2D eigenvalue weighted by molar-refractivity contribution is 7.98. The van der Waals surface area contributed by atoms with Crippen molar-refractivity contribution >= 4 is 17.7 Å². The Morgan fingerprint density at radius 3 is 2.57 bits per heavy atom. The van der Waals surface area contributed by atoms with E-state index in [4.69, 9.17) is 10.5 Å². The Labute approximate surface area is 129 Å². The predicted molar refractivity (Wildman–Crippen MR) is 84.7 cm³/mol. The van der Waals surface area contributed by atoms with Crippen molar-refractivity contribution in [3.05, 3.63) is 35.6 Å². The third kappa shape index (κ3) is 5.65. The third-order valence-corrected chi connectivity index (χ3v) is 3.89. The number of nitrogens with two attached hydrogens (primary N) is 1. The van der Waals surface area contributed by atoms with E-state index in [1.807, 2.05) is 13.2 Å². The first-order valence-corrected chi connectivity index (χ1v) is 8.22. The van der Waals surface area contributed by atoms with Crippen molar-refractivity contribution in [3.8, 4) is 0 Å². The number of benzene rings is 1. The van der Waals surface area contributed by atoms with Crippen molar-refractivity contribution in [2.45, 2.75) is 31.5 Å². The molecule has 118 valence electrons. The van der Waals surface area contributed by atoms with Crippen molar-refractivity contribution in [2.75, 3.05) is 19.1 Å². The molecule has 3 unspecified atom stereocenters. The fourth-order valence-electron chi connectivity index (χ4n) is 2.06. The van der Waals surface area contributed by atoms with Gasteiger partial charge in [-0.05, 0) is 43.0 Å². The number of carbonyl (C=O) groups excluding carboxylic acids is 1. The second-order valence-corrected chi connectivity index (χ2v) is 5.88. The van der Waals surface area contributed by atoms with Crippen molar-refractivity contribution in [2.24, 2.45) is 5.73 Å². The number of thioether (sulfide) groups is 1. The molecular weight excluding hydrogens is 291 g/mol. The molecule has 0 saturated carbocycles. The summed E-state index contributed by atoms with van der Waals surface area (Å²) < 4.78 is 18.4. The number of amides is 1. The lowest BCUT2D eigenvalue weighted by Crippen LogP contribution is -2.46. The first-order valence-electron chi connectivity index (χ1n) is 6.82. The van der Waals surface area contributed by atoms with E-state index in [0.29, 0.717) is 6.42 Å². The van der Waals surface area contributed by atoms with Crippen LogP contribution in [-0.4, -0.2) is 37.1 Å². The molecule has 4 nitrogen and oxygen atoms in total. The fraction of sp³-hybridized carbons (Fsp3) is 0.533. The molecule has 0 radical (unpaired) electrons. The van der Waals surface area contributed by atoms with Gasteiger partial charge in [0.05, 0.1) is 12.1 Å². The van der Waals surface area contributed by atoms with Crippen LogP contribution in [0.3, 0.4) is 0 Å². The molecular formula is C15H23FN2O2S. The fourth-order valence-corrected chi connectivity index (χ4v) is 2.55. The van der Waals surface area contributed by atoms with Crippen LogP contribution in [0.2, 0.25) is 0 Å². The third-order valence-electron chi connectivity index (χ3n) is 3.25. The van der Waals surface area contributed by atoms with E-state index in [1.54, 1.807) is 31.0 Å². The maximum Gasteiger partial charge on any atom is 0.237 e. The van der Waals surface area contributed by atoms with Gasteiger partial charge in [-0.1, -0.05) is 12.1 Å². The Balaban J connectivity index is 2.64. The van der Waals surface area contributed by atoms with Gasteiger partial charge in [-0.25, -0.2) is 4.39 Å². The molecule has 0 fully saturated rings. The van der Waals surface area contributed by atoms with Crippen LogP contribution in [0.4, 0.5) is 4.39 Å². The summed E-state index contributed by atoms with van der Waals surface area (Å²) in [6.45, 7) is 1.84. The largest absolute Gasteiger partial charge is 0.375 e. The van der Waals surface area contributed by atoms with Crippen molar-refractivity contribution < 1.29 is 13.9 Å². The summed E-state index contributed by atoms with van der Waals surface area (Å²) in [4.78, 5) is 12.0. The van der Waals surface area contributed by atoms with E-state index < -0.39 is 6.04 Å². The van der Waals surface area contributed by atoms with E-state index in [1.165, 1.54) is 12.1 Å². The smallest absolute Gasteiger partial charge is 0.237 e. The summed E-state index contributed by atoms with van der Waals surface area (Å²) in [7, 11) is 1.56. The molecule has 21 heavy (non-hydrogen) atoms. The Bertz CT molecular complexity index is 442. The van der Waals surface area contributed by atoms with Crippen molar-refractivity contribution in [1.29, 1.82) is 0 Å². The molecule has 1 aromatic carbocycles. The van der Waals surface area contributed by atoms with Gasteiger partial charge in [0, 0.05) is 7.11 Å². The number of hydrogen-bond acceptors (Lipinski definition) is 4. The van der Waals surface area contributed by atoms with Gasteiger partial charge in [0.25, 0.3) is 0 Å². The first-order chi connectivity index (χ1) is 9.99. The molecule has 0 aliphatic heterocycles. The predicted octanol–water partition coefficient (Wildman–Crippen LogP) is 2.10. The minimum atomic E-state index is -0.523. The second-order valence-electron chi connectivity index (χ2n) is 4.89. The van der Waals surface area contributed by atoms with Gasteiger partial charge in [0.2, 0.25) is 5.91 Å². The number of halogens is 1. The van der Waals surface area contributed by atoms with Crippen LogP contribution in [0, 0.1) is 5.82 Å². The zero-order valence-corrected chi connectivity index (χ0v) is 13.5. The Hall–Kier alpha value is -1.11. The monoisotopic (exact) mass is 314 g/mol. The highest BCUT2D eigenvalue weighted by atomic mass is 32.2. The average Bonchev–Trinajstić information content (AvgIpc) is 2.47. The zero-order valence-electron chi connectivity index (χ0n) is 12.6. The summed E-state index contributed by atoms with van der Waals surface area (Å²) in [5.74, 6) is 0.347. The van der Waals surface area contributed by atoms with Crippen LogP contribution in [-0.2, 0) is 9.53 Å². The first kappa shape index (κ1) is 17.9. The lowest BCUT2D eigenvalue weighted by atomic mass is 10.0. The van der Waals surface area contributed by atoms with E-state index >= 15 is 0 Å². The Morgan fingerprint density at radius 1 is 1.43 bits per heavy atom. The molecule has 1 amide bonds. The van der Waals surface area contributed by atoms with E-state index in [-0.39, 0.29) is 23.9 Å². The van der Waals surface area contributed by atoms with Crippen LogP contribution < -0.4 is 11.1 Å². The van der Waals surface area contributed by atoms with Crippen LogP contribution in [0.5, 0.6) is 0 Å². The average molecular weight is 314 g/mol. The highest BCUT2D eigenvalue weighted by Gasteiger charge is 2.23. The molecule has 1 rings (SSSR count). The topological polar surface area (TPSA) is 64.3 Å². The van der Waals surface area contributed by atoms with Crippen molar-refractivity contribution in [3.63, 3.8) is 0 Å². The normalized spacial score (nSPS) is 15.3. The van der Waals surface area contributed by atoms with Crippen LogP contribution in [0.1, 0.15) is 25.0 Å². The molecule has 3 N–H and O–H groups in total. The van der Waals surface area contributed by atoms with Gasteiger partial charge < -0.3 is 15.8 Å². The lowest BCUT2D eigenvalue weighted by molar-refractivity contribution is -0.124. The Kier molecular flexibility index (Phi) is 7.71. The van der Waals surface area contributed by atoms with E-state index in [2.05, 4.69) is 5.32 Å². The molecule has 0 aromatic heterocycles. The molecule has 1 aromatic rings. The SMILES string of the molecule is COC(c1ccc(F)cc1)C(C)NC(=O)C(N)CCSC. The number of nitrogens with one attached hydrogen (secondary N) is 1. The zero-order chi connectivity index (χ0) is 15.8. The number of carbonyl (C=O) groups is 1. The number of methoxy groups -OCH3 is 1. The molecule has 0 aliphatic carbocycles. The standard InChI is InChI=1S/C15H23FN2O2S/c1-10(18-15(19)13(17)8-9-21-3)14(20-2)11-4-6-12(16)7-5-11/h4-7,10,13-14H,8-9,17H2,1-3H3,(H,18,19). The molecule has 0 saturated heterocycles. The minimum absolute atomic E-state index is 0.194. The van der Waals surface area contributed by atoms with Gasteiger partial charge in [-0.15, -0.1) is 0 Å². The summed E-state index contributed by atoms with van der Waals surface area (Å²) >= 11 is 1.66. The van der Waals surface area contributed by atoms with Gasteiger partial charge in [-0.3, -0.25) is 4.79 Å². The van der Waals surface area contributed by atoms with E-state index in [9.17, 15) is 9.18 Å². The molecule has 0 heterocycles. The molecule has 0 aliphatic rings. The molecule has 6 heteroatoms. The van der Waals surface area contributed by atoms with Crippen LogP contribution in [0.25, 0.3) is 0 Å². The molecule has 0 spiro atoms. The van der Waals surface area contributed by atoms with Gasteiger partial charge in [0.15, 0.2) is 0 Å². The maximum absolute atomic E-state index is 13.0. The van der Waals surface area contributed by atoms with Gasteiger partial charge in [0.1, 0.15) is 11.9 Å². The summed E-state index contributed by atoms with van der Waals surface area (Å²) in [5.41, 5.74) is 6.65. The lowest BCUT2D eigenvalue weighted by Gasteiger charge is -2.25. The van der Waals surface area contributed by atoms with Gasteiger partial charge in [-0.2, -0.15) is 11.8 Å². The number of rotatable bonds is 8. The van der Waals surface area contributed by atoms with Crippen molar-refractivity contribution in [1.82, 2.24) is 5.32 Å². The van der Waals surface area contributed by atoms with Gasteiger partial charge >= 0.3 is 0 Å². The number of ether oxygens (including phenoxy) is 1. The highest BCUT2D eigenvalue weighted by Crippen LogP contribution is 2.21. The van der Waals surface area contributed by atoms with E-state index in [0.717, 1.165) is 11.3 Å². The quantitative estimate of drug-likeness (QED) is 0.771. The molecule has 3 atom stereocenters. The summed E-state index contributed by atoms with van der Waals surface area (Å²) in [5, 5.41) is 2.86. The molecule has 0 bridgehead atoms. The van der Waals surface area contributed by atoms with Crippen LogP contribution in [0.15, 0.2) is 24.3 Å². The summed E-state index contributed by atoms with van der Waals surface area (Å²) in [6, 6.07) is 5.28.